The van der Waals surface area contributed by atoms with Gasteiger partial charge in [-0.2, -0.15) is 0 Å². The average molecular weight is 1970 g/mol. The molecule has 2 aliphatic heterocycles. The van der Waals surface area contributed by atoms with Gasteiger partial charge in [-0.1, -0.05) is 281 Å². The second-order valence-corrected chi connectivity index (χ2v) is 47.1. The maximum Gasteiger partial charge on any atom is 0.261 e. The maximum atomic E-state index is 16.1. The van der Waals surface area contributed by atoms with E-state index in [1.807, 2.05) is 62.4 Å². The molecule has 0 unspecified atom stereocenters. The first-order valence-electron chi connectivity index (χ1n) is 48.1. The van der Waals surface area contributed by atoms with E-state index in [-0.39, 0.29) is 112 Å². The van der Waals surface area contributed by atoms with Crippen LogP contribution in [0.2, 0.25) is 0 Å². The summed E-state index contributed by atoms with van der Waals surface area (Å²) in [5.41, 5.74) is 6.16. The minimum absolute atomic E-state index is 0.0525. The summed E-state index contributed by atoms with van der Waals surface area (Å²) in [7, 11) is -15.1. The van der Waals surface area contributed by atoms with Gasteiger partial charge in [-0.15, -0.1) is 0 Å². The summed E-state index contributed by atoms with van der Waals surface area (Å²) in [6, 6.07) is 99.1. The highest BCUT2D eigenvalue weighted by molar-refractivity contribution is 7.80. The van der Waals surface area contributed by atoms with Crippen LogP contribution in [0.25, 0.3) is 0 Å². The molecular formula is C116H110N6O16P4. The number of hydrogen-bond donors (Lipinski definition) is 4. The molecule has 8 amide bonds. The van der Waals surface area contributed by atoms with E-state index in [9.17, 15) is 19.2 Å². The fourth-order valence-electron chi connectivity index (χ4n) is 18.9. The molecule has 0 saturated heterocycles. The van der Waals surface area contributed by atoms with Crippen molar-refractivity contribution in [1.29, 1.82) is 0 Å². The molecule has 22 nitrogen and oxygen atoms in total. The Morgan fingerprint density at radius 1 is 0.246 bits per heavy atom. The van der Waals surface area contributed by atoms with Crippen molar-refractivity contribution in [3.8, 4) is 23.0 Å². The first kappa shape index (κ1) is 98.9. The molecule has 26 heteroatoms. The fourth-order valence-corrected chi connectivity index (χ4v) is 28.8. The molecule has 1 aliphatic carbocycles. The van der Waals surface area contributed by atoms with Crippen LogP contribution in [0.1, 0.15) is 151 Å². The highest BCUT2D eigenvalue weighted by Crippen LogP contribution is 2.50. The van der Waals surface area contributed by atoms with E-state index >= 15 is 37.4 Å². The van der Waals surface area contributed by atoms with E-state index in [4.69, 9.17) is 18.9 Å². The zero-order valence-electron chi connectivity index (χ0n) is 79.1. The highest BCUT2D eigenvalue weighted by atomic mass is 31.2. The van der Waals surface area contributed by atoms with Crippen LogP contribution in [0, 0.1) is 0 Å². The molecule has 17 rings (SSSR count). The Morgan fingerprint density at radius 3 is 0.606 bits per heavy atom. The number of amides is 8. The number of rotatable bonds is 40. The van der Waals surface area contributed by atoms with Gasteiger partial charge in [0, 0.05) is 148 Å². The van der Waals surface area contributed by atoms with Crippen molar-refractivity contribution in [2.45, 2.75) is 90.9 Å². The zero-order valence-corrected chi connectivity index (χ0v) is 82.7. The molecule has 14 aromatic carbocycles. The monoisotopic (exact) mass is 1970 g/mol. The molecule has 3 aliphatic rings. The SMILES string of the molecule is CCCOc1c2cc(NC(=O)CP(=O)(c3ccccc3)c3ccccc3)cc1Cc1cc(NC(=O)CP(=O)(c3ccccc3)c3ccccc3)cc(c1OCCCCCN1C(=O)c3ccccc3C1=O)Cc1cc(NC(=O)CP(=O)(c3ccccc3)c3ccccc3)cc(c1OCCC)Cc1cc(NC(=O)CP(=O)(c3ccccc3)c3ccccc3)cc(c1OCCCCCN1C(=O)c3ccccc3C1=O)C2. The van der Waals surface area contributed by atoms with Gasteiger partial charge in [0.05, 0.1) is 73.3 Å². The number of nitrogens with one attached hydrogen (secondary N) is 4. The Labute approximate surface area is 826 Å². The van der Waals surface area contributed by atoms with Crippen LogP contribution < -0.4 is 82.7 Å². The van der Waals surface area contributed by atoms with Gasteiger partial charge in [0.25, 0.3) is 23.6 Å². The number of unbranched alkanes of at least 4 members (excludes halogenated alkanes) is 4. The van der Waals surface area contributed by atoms with Gasteiger partial charge in [0.15, 0.2) is 28.6 Å². The van der Waals surface area contributed by atoms with E-state index in [2.05, 4.69) is 21.3 Å². The van der Waals surface area contributed by atoms with Crippen LogP contribution in [0.3, 0.4) is 0 Å². The van der Waals surface area contributed by atoms with Gasteiger partial charge in [0.2, 0.25) is 23.6 Å². The lowest BCUT2D eigenvalue weighted by Crippen LogP contribution is -2.30. The summed E-state index contributed by atoms with van der Waals surface area (Å²) in [6.07, 6.45) is 1.32. The topological polar surface area (TPSA) is 296 Å². The molecule has 720 valence electrons. The van der Waals surface area contributed by atoms with Gasteiger partial charge < -0.3 is 58.5 Å². The van der Waals surface area contributed by atoms with Crippen LogP contribution >= 0.6 is 28.6 Å². The van der Waals surface area contributed by atoms with Crippen LogP contribution in [0.15, 0.2) is 340 Å². The predicted octanol–water partition coefficient (Wildman–Crippen LogP) is 19.4. The number of imide groups is 2. The van der Waals surface area contributed by atoms with Crippen LogP contribution in [0.5, 0.6) is 23.0 Å². The quantitative estimate of drug-likeness (QED) is 0.0158. The number of benzene rings is 14. The maximum absolute atomic E-state index is 16.1. The summed E-state index contributed by atoms with van der Waals surface area (Å²) >= 11 is 0. The lowest BCUT2D eigenvalue weighted by atomic mass is 9.90. The summed E-state index contributed by atoms with van der Waals surface area (Å²) in [5.74, 6) is -2.47. The molecule has 14 aromatic rings. The molecule has 0 aromatic heterocycles. The normalized spacial score (nSPS) is 12.9. The third kappa shape index (κ3) is 22.5. The molecular weight excluding hydrogens is 1860 g/mol. The Balaban J connectivity index is 0.867. The van der Waals surface area contributed by atoms with Gasteiger partial charge in [-0.25, -0.2) is 0 Å². The molecule has 0 spiro atoms. The Kier molecular flexibility index (Phi) is 31.6. The Morgan fingerprint density at radius 2 is 0.423 bits per heavy atom. The minimum atomic E-state index is -3.77. The van der Waals surface area contributed by atoms with E-state index in [0.717, 1.165) is 0 Å². The largest absolute Gasteiger partial charge is 0.493 e. The lowest BCUT2D eigenvalue weighted by molar-refractivity contribution is -0.114. The summed E-state index contributed by atoms with van der Waals surface area (Å²) < 4.78 is 93.5. The van der Waals surface area contributed by atoms with Crippen molar-refractivity contribution in [3.05, 3.63) is 406 Å². The molecule has 0 saturated carbocycles. The van der Waals surface area contributed by atoms with Gasteiger partial charge in [0.1, 0.15) is 23.0 Å². The molecule has 0 radical (unpaired) electrons. The van der Waals surface area contributed by atoms with E-state index in [1.54, 1.807) is 291 Å². The number of anilines is 4. The van der Waals surface area contributed by atoms with Gasteiger partial charge in [-0.05, 0) is 124 Å². The van der Waals surface area contributed by atoms with Crippen molar-refractivity contribution in [2.24, 2.45) is 0 Å². The van der Waals surface area contributed by atoms with E-state index in [0.29, 0.717) is 184 Å². The number of carbonyl (C=O) groups excluding carboxylic acids is 8. The number of fused-ring (bicyclic) bond motifs is 10. The van der Waals surface area contributed by atoms with Crippen molar-refractivity contribution in [2.75, 3.05) is 85.4 Å². The Hall–Kier alpha value is -14.6. The third-order valence-corrected chi connectivity index (χ3v) is 37.7. The van der Waals surface area contributed by atoms with Crippen LogP contribution in [0.4, 0.5) is 22.7 Å². The van der Waals surface area contributed by atoms with Gasteiger partial charge in [-0.3, -0.25) is 48.2 Å². The average Bonchev–Trinajstić information content (AvgIpc) is 0.939. The summed E-state index contributed by atoms with van der Waals surface area (Å²) in [6.45, 7) is 4.62. The highest BCUT2D eigenvalue weighted by Gasteiger charge is 2.40. The standard InChI is InChI=1S/C116H110N6O16P4/c1-3-61-135-109-81-65-85-73-91(119-107(125)79-141(133,97-47-23-9-24-48-97)98-49-25-10-26-50-98)75-87(111(85)137-63-37-13-35-59-121-113(127)101-55-31-32-56-102(101)114(121)128)67-83-71-90(118-106(124)78-140(132,95-43-19-7-20-44-95)96-45-21-8-22-46-96)72-84(110(83)136-62-4-2)68-88-76-92(120-108(126)80-142(134,99-51-27-11-28-52-99)100-53-29-12-30-54-100)74-86(112(88)138-64-38-14-36-60-122-115(129)103-57-33-34-58-104(103)116(122)130)66-82(109)70-89(69-81)117-105(123)77-139(131,93-39-15-5-16-40-93)94-41-17-6-18-42-94/h5-12,15-34,39-58,69-76H,3-4,13-14,35-38,59-68,77-80H2,1-2H3,(H,117,123)(H,118,124)(H,119,125)(H,120,126). The van der Waals surface area contributed by atoms with Crippen molar-refractivity contribution in [3.63, 3.8) is 0 Å². The van der Waals surface area contributed by atoms with E-state index < -0.39 is 76.8 Å². The second kappa shape index (κ2) is 45.3. The summed E-state index contributed by atoms with van der Waals surface area (Å²) in [5, 5.41) is 16.6. The number of nitrogens with zero attached hydrogens (tertiary/aromatic N) is 2. The number of ether oxygens (including phenoxy) is 4. The van der Waals surface area contributed by atoms with Crippen molar-refractivity contribution < 1.29 is 75.6 Å². The number of hydrogen-bond acceptors (Lipinski definition) is 16. The second-order valence-electron chi connectivity index (χ2n) is 35.8. The van der Waals surface area contributed by atoms with E-state index in [1.165, 1.54) is 9.80 Å². The van der Waals surface area contributed by atoms with Gasteiger partial charge >= 0.3 is 0 Å². The minimum Gasteiger partial charge on any atom is -0.493 e. The first-order valence-corrected chi connectivity index (χ1v) is 55.7. The number of carbonyl (C=O) groups is 8. The third-order valence-electron chi connectivity index (χ3n) is 25.7. The predicted molar refractivity (Wildman–Crippen MR) is 564 cm³/mol. The summed E-state index contributed by atoms with van der Waals surface area (Å²) in [4.78, 5) is 120. The molecule has 4 N–H and O–H groups in total. The van der Waals surface area contributed by atoms with Crippen LogP contribution in [-0.4, -0.2) is 121 Å². The molecule has 142 heavy (non-hydrogen) atoms. The van der Waals surface area contributed by atoms with Crippen molar-refractivity contribution >= 4 is 141 Å². The first-order chi connectivity index (χ1) is 69.1. The molecule has 2 heterocycles. The molecule has 0 atom stereocenters. The van der Waals surface area contributed by atoms with Crippen LogP contribution in [-0.2, 0) is 63.1 Å². The molecule has 8 bridgehead atoms. The fraction of sp³-hybridized carbons (Fsp3) is 0.207. The Bertz CT molecular complexity index is 6460. The zero-order chi connectivity index (χ0) is 98.8. The smallest absolute Gasteiger partial charge is 0.261 e. The molecule has 0 fully saturated rings. The van der Waals surface area contributed by atoms with Crippen molar-refractivity contribution in [1.82, 2.24) is 9.80 Å². The lowest BCUT2D eigenvalue weighted by Gasteiger charge is -2.25.